The van der Waals surface area contributed by atoms with Gasteiger partial charge in [-0.1, -0.05) is 25.3 Å². The van der Waals surface area contributed by atoms with Gasteiger partial charge in [0.2, 0.25) is 5.79 Å². The lowest BCUT2D eigenvalue weighted by Crippen LogP contribution is -2.46. The van der Waals surface area contributed by atoms with Crippen LogP contribution in [0.2, 0.25) is 0 Å². The van der Waals surface area contributed by atoms with Crippen LogP contribution < -0.4 is 0 Å². The van der Waals surface area contributed by atoms with Crippen LogP contribution in [0.5, 0.6) is 0 Å². The number of fused-ring (bicyclic) bond motifs is 3. The fourth-order valence-electron chi connectivity index (χ4n) is 3.76. The van der Waals surface area contributed by atoms with Gasteiger partial charge in [-0.3, -0.25) is 0 Å². The Hall–Kier alpha value is -0.380. The first-order chi connectivity index (χ1) is 6.55. The van der Waals surface area contributed by atoms with Crippen molar-refractivity contribution in [1.82, 2.24) is 0 Å². The van der Waals surface area contributed by atoms with Crippen molar-refractivity contribution in [2.45, 2.75) is 43.5 Å². The zero-order valence-electron chi connectivity index (χ0n) is 8.11. The van der Waals surface area contributed by atoms with Crippen LogP contribution in [0.4, 0.5) is 0 Å². The van der Waals surface area contributed by atoms with E-state index in [1.807, 2.05) is 0 Å². The molecule has 2 fully saturated rings. The predicted octanol–water partition coefficient (Wildman–Crippen LogP) is 0.548. The van der Waals surface area contributed by atoms with Gasteiger partial charge in [0.15, 0.2) is 0 Å². The fraction of sp³-hybridized carbons (Fsp3) is 0.818. The minimum absolute atomic E-state index is 0.0229. The summed E-state index contributed by atoms with van der Waals surface area (Å²) < 4.78 is 0. The predicted molar refractivity (Wildman–Crippen MR) is 50.3 cm³/mol. The van der Waals surface area contributed by atoms with Crippen LogP contribution in [0.1, 0.15) is 32.1 Å². The second kappa shape index (κ2) is 2.23. The molecule has 2 atom stereocenters. The van der Waals surface area contributed by atoms with Crippen molar-refractivity contribution in [2.75, 3.05) is 0 Å². The number of hydrogen-bond acceptors (Lipinski definition) is 3. The van der Waals surface area contributed by atoms with Crippen LogP contribution in [0.15, 0.2) is 12.2 Å². The Morgan fingerprint density at radius 2 is 1.64 bits per heavy atom. The van der Waals surface area contributed by atoms with Crippen molar-refractivity contribution in [2.24, 2.45) is 11.3 Å². The molecule has 14 heavy (non-hydrogen) atoms. The van der Waals surface area contributed by atoms with E-state index in [2.05, 4.69) is 0 Å². The van der Waals surface area contributed by atoms with Crippen LogP contribution in [0.25, 0.3) is 0 Å². The maximum atomic E-state index is 10.3. The van der Waals surface area contributed by atoms with Gasteiger partial charge in [0.25, 0.3) is 0 Å². The third kappa shape index (κ3) is 0.689. The third-order valence-corrected chi connectivity index (χ3v) is 4.55. The molecule has 0 heterocycles. The lowest BCUT2D eigenvalue weighted by atomic mass is 9.79. The molecule has 0 amide bonds. The summed E-state index contributed by atoms with van der Waals surface area (Å²) >= 11 is 0. The summed E-state index contributed by atoms with van der Waals surface area (Å²) in [5.74, 6) is -2.01. The van der Waals surface area contributed by atoms with Crippen molar-refractivity contribution < 1.29 is 15.3 Å². The minimum atomic E-state index is -1.99. The van der Waals surface area contributed by atoms with Gasteiger partial charge in [-0.05, 0) is 18.9 Å². The van der Waals surface area contributed by atoms with Gasteiger partial charge < -0.3 is 15.3 Å². The highest BCUT2D eigenvalue weighted by atomic mass is 16.5. The van der Waals surface area contributed by atoms with E-state index in [-0.39, 0.29) is 11.3 Å². The maximum absolute atomic E-state index is 10.3. The standard InChI is InChI=1S/C11H16O3/c12-10(13)7-4-8-9(11(8,10)14)5-2-1-3-6-9/h4,7-8,12-14H,1-3,5-6H2. The molecule has 0 aromatic carbocycles. The van der Waals surface area contributed by atoms with Crippen molar-refractivity contribution in [3.63, 3.8) is 0 Å². The Balaban J connectivity index is 1.97. The summed E-state index contributed by atoms with van der Waals surface area (Å²) in [5, 5.41) is 29.7. The third-order valence-electron chi connectivity index (χ3n) is 4.55. The molecule has 0 radical (unpaired) electrons. The minimum Gasteiger partial charge on any atom is -0.383 e. The lowest BCUT2D eigenvalue weighted by molar-refractivity contribution is -0.215. The number of hydrogen-bond donors (Lipinski definition) is 3. The average Bonchev–Trinajstić information content (AvgIpc) is 2.52. The first kappa shape index (κ1) is 8.89. The molecule has 0 aromatic heterocycles. The molecule has 3 aliphatic rings. The molecule has 0 saturated heterocycles. The van der Waals surface area contributed by atoms with E-state index >= 15 is 0 Å². The molecular formula is C11H16O3. The molecule has 3 rings (SSSR count). The fourth-order valence-corrected chi connectivity index (χ4v) is 3.76. The van der Waals surface area contributed by atoms with Gasteiger partial charge in [-0.15, -0.1) is 0 Å². The zero-order valence-corrected chi connectivity index (χ0v) is 8.11. The Kier molecular flexibility index (Phi) is 1.42. The van der Waals surface area contributed by atoms with Gasteiger partial charge in [0.1, 0.15) is 5.60 Å². The van der Waals surface area contributed by atoms with E-state index in [1.54, 1.807) is 6.08 Å². The highest BCUT2D eigenvalue weighted by Gasteiger charge is 2.83. The van der Waals surface area contributed by atoms with E-state index < -0.39 is 11.4 Å². The lowest BCUT2D eigenvalue weighted by Gasteiger charge is -2.32. The van der Waals surface area contributed by atoms with E-state index in [0.717, 1.165) is 25.7 Å². The SMILES string of the molecule is OC1(O)C=CC2C3(CCCCC3)C21O. The van der Waals surface area contributed by atoms with Crippen molar-refractivity contribution in [3.8, 4) is 0 Å². The van der Waals surface area contributed by atoms with Gasteiger partial charge >= 0.3 is 0 Å². The molecule has 0 bridgehead atoms. The van der Waals surface area contributed by atoms with Crippen LogP contribution in [0.3, 0.4) is 0 Å². The molecule has 1 spiro atoms. The van der Waals surface area contributed by atoms with Crippen LogP contribution in [-0.2, 0) is 0 Å². The van der Waals surface area contributed by atoms with E-state index in [1.165, 1.54) is 12.5 Å². The van der Waals surface area contributed by atoms with E-state index in [9.17, 15) is 15.3 Å². The number of aliphatic hydroxyl groups is 3. The van der Waals surface area contributed by atoms with Crippen molar-refractivity contribution in [1.29, 1.82) is 0 Å². The second-order valence-electron chi connectivity index (χ2n) is 5.05. The molecule has 78 valence electrons. The summed E-state index contributed by atoms with van der Waals surface area (Å²) in [5.41, 5.74) is -1.50. The second-order valence-corrected chi connectivity index (χ2v) is 5.05. The highest BCUT2D eigenvalue weighted by Crippen LogP contribution is 2.75. The van der Waals surface area contributed by atoms with Gasteiger partial charge in [0.05, 0.1) is 0 Å². The van der Waals surface area contributed by atoms with Crippen molar-refractivity contribution in [3.05, 3.63) is 12.2 Å². The quantitative estimate of drug-likeness (QED) is 0.391. The molecule has 2 unspecified atom stereocenters. The first-order valence-electron chi connectivity index (χ1n) is 5.41. The first-order valence-corrected chi connectivity index (χ1v) is 5.41. The summed E-state index contributed by atoms with van der Waals surface area (Å²) in [6.07, 6.45) is 8.38. The summed E-state index contributed by atoms with van der Waals surface area (Å²) in [6, 6.07) is 0. The van der Waals surface area contributed by atoms with Gasteiger partial charge in [-0.2, -0.15) is 0 Å². The molecule has 2 saturated carbocycles. The Bertz CT molecular complexity index is 302. The average molecular weight is 196 g/mol. The smallest absolute Gasteiger partial charge is 0.213 e. The number of rotatable bonds is 0. The Morgan fingerprint density at radius 1 is 1.00 bits per heavy atom. The molecule has 3 heteroatoms. The maximum Gasteiger partial charge on any atom is 0.213 e. The Labute approximate surface area is 83.1 Å². The van der Waals surface area contributed by atoms with Gasteiger partial charge in [0, 0.05) is 11.3 Å². The molecular weight excluding hydrogens is 180 g/mol. The molecule has 0 aromatic rings. The normalized spacial score (nSPS) is 46.6. The van der Waals surface area contributed by atoms with Crippen LogP contribution in [-0.4, -0.2) is 26.7 Å². The topological polar surface area (TPSA) is 60.7 Å². The molecule has 3 aliphatic carbocycles. The zero-order chi connectivity index (χ0) is 10.0. The monoisotopic (exact) mass is 196 g/mol. The molecule has 0 aliphatic heterocycles. The largest absolute Gasteiger partial charge is 0.383 e. The summed E-state index contributed by atoms with van der Waals surface area (Å²) in [6.45, 7) is 0. The van der Waals surface area contributed by atoms with Crippen molar-refractivity contribution >= 4 is 0 Å². The van der Waals surface area contributed by atoms with Gasteiger partial charge in [-0.25, -0.2) is 0 Å². The molecule has 3 N–H and O–H groups in total. The van der Waals surface area contributed by atoms with Crippen LogP contribution >= 0.6 is 0 Å². The van der Waals surface area contributed by atoms with E-state index in [0.29, 0.717) is 0 Å². The summed E-state index contributed by atoms with van der Waals surface area (Å²) in [4.78, 5) is 0. The highest BCUT2D eigenvalue weighted by molar-refractivity contribution is 5.41. The van der Waals surface area contributed by atoms with E-state index in [4.69, 9.17) is 0 Å². The Morgan fingerprint density at radius 3 is 2.14 bits per heavy atom. The summed E-state index contributed by atoms with van der Waals surface area (Å²) in [7, 11) is 0. The van der Waals surface area contributed by atoms with Crippen LogP contribution in [0, 0.1) is 11.3 Å². The molecule has 3 nitrogen and oxygen atoms in total.